The molecule has 0 heterocycles. The molecule has 0 saturated heterocycles. The van der Waals surface area contributed by atoms with Gasteiger partial charge in [-0.15, -0.1) is 6.42 Å². The van der Waals surface area contributed by atoms with Gasteiger partial charge in [0, 0.05) is 5.56 Å². The Morgan fingerprint density at radius 2 is 1.70 bits per heavy atom. The highest BCUT2D eigenvalue weighted by molar-refractivity contribution is 5.75. The lowest BCUT2D eigenvalue weighted by Gasteiger charge is -2.10. The van der Waals surface area contributed by atoms with Crippen LogP contribution in [0.15, 0.2) is 48.5 Å². The van der Waals surface area contributed by atoms with Crippen LogP contribution < -0.4 is 5.73 Å². The van der Waals surface area contributed by atoms with Crippen molar-refractivity contribution in [1.29, 1.82) is 0 Å². The van der Waals surface area contributed by atoms with Crippen LogP contribution in [0.1, 0.15) is 11.1 Å². The Kier molecular flexibility index (Phi) is 4.19. The van der Waals surface area contributed by atoms with Crippen molar-refractivity contribution in [3.8, 4) is 23.5 Å². The van der Waals surface area contributed by atoms with Crippen molar-refractivity contribution in [2.45, 2.75) is 12.5 Å². The monoisotopic (exact) mass is 265 g/mol. The van der Waals surface area contributed by atoms with E-state index in [9.17, 15) is 4.79 Å². The summed E-state index contributed by atoms with van der Waals surface area (Å²) in [5.74, 6) is 1.47. The number of nitrogens with two attached hydrogens (primary N) is 1. The van der Waals surface area contributed by atoms with Gasteiger partial charge in [0.1, 0.15) is 6.04 Å². The van der Waals surface area contributed by atoms with Crippen LogP contribution >= 0.6 is 0 Å². The lowest BCUT2D eigenvalue weighted by atomic mass is 9.95. The van der Waals surface area contributed by atoms with E-state index in [4.69, 9.17) is 17.3 Å². The first kappa shape index (κ1) is 13.9. The molecule has 0 saturated carbocycles. The molecule has 3 N–H and O–H groups in total. The van der Waals surface area contributed by atoms with Crippen molar-refractivity contribution in [3.05, 3.63) is 59.7 Å². The topological polar surface area (TPSA) is 63.3 Å². The lowest BCUT2D eigenvalue weighted by molar-refractivity contribution is -0.138. The Balaban J connectivity index is 0.000000198. The van der Waals surface area contributed by atoms with E-state index in [1.54, 1.807) is 12.1 Å². The molecular formula is C17H15NO2. The van der Waals surface area contributed by atoms with Crippen molar-refractivity contribution < 1.29 is 9.90 Å². The normalized spacial score (nSPS) is 11.6. The SMILES string of the molecule is C#Cc1ccccc1CC(N)C(=O)O.c1cc2ccc1-2. The van der Waals surface area contributed by atoms with Gasteiger partial charge in [-0.2, -0.15) is 0 Å². The predicted molar refractivity (Wildman–Crippen MR) is 79.1 cm³/mol. The van der Waals surface area contributed by atoms with Crippen molar-refractivity contribution in [3.63, 3.8) is 0 Å². The van der Waals surface area contributed by atoms with Crippen LogP contribution in [0.3, 0.4) is 0 Å². The van der Waals surface area contributed by atoms with Gasteiger partial charge >= 0.3 is 5.97 Å². The first-order valence-corrected chi connectivity index (χ1v) is 6.25. The number of carboxylic acids is 1. The third-order valence-corrected chi connectivity index (χ3v) is 3.15. The number of hydrogen-bond acceptors (Lipinski definition) is 2. The smallest absolute Gasteiger partial charge is 0.320 e. The van der Waals surface area contributed by atoms with Crippen molar-refractivity contribution in [1.82, 2.24) is 0 Å². The van der Waals surface area contributed by atoms with E-state index >= 15 is 0 Å². The van der Waals surface area contributed by atoms with Crippen LogP contribution in [0, 0.1) is 12.3 Å². The Hall–Kier alpha value is -2.57. The summed E-state index contributed by atoms with van der Waals surface area (Å²) in [7, 11) is 0. The number of carbonyl (C=O) groups is 1. The molecule has 20 heavy (non-hydrogen) atoms. The quantitative estimate of drug-likeness (QED) is 0.714. The highest BCUT2D eigenvalue weighted by atomic mass is 16.4. The maximum atomic E-state index is 10.5. The minimum absolute atomic E-state index is 0.260. The van der Waals surface area contributed by atoms with Gasteiger partial charge in [-0.05, 0) is 29.2 Å². The fourth-order valence-electron chi connectivity index (χ4n) is 1.83. The van der Waals surface area contributed by atoms with E-state index < -0.39 is 12.0 Å². The molecule has 0 bridgehead atoms. The molecule has 100 valence electrons. The molecule has 0 amide bonds. The number of rotatable bonds is 3. The van der Waals surface area contributed by atoms with E-state index in [-0.39, 0.29) is 6.42 Å². The van der Waals surface area contributed by atoms with Gasteiger partial charge in [0.05, 0.1) is 0 Å². The number of benzene rings is 2. The van der Waals surface area contributed by atoms with Gasteiger partial charge in [0.15, 0.2) is 0 Å². The summed E-state index contributed by atoms with van der Waals surface area (Å²) >= 11 is 0. The summed E-state index contributed by atoms with van der Waals surface area (Å²) in [6.07, 6.45) is 5.52. The second-order valence-corrected chi connectivity index (χ2v) is 4.53. The molecule has 0 radical (unpaired) electrons. The summed E-state index contributed by atoms with van der Waals surface area (Å²) in [6, 6.07) is 14.8. The minimum Gasteiger partial charge on any atom is -0.480 e. The average molecular weight is 265 g/mol. The molecule has 1 atom stereocenters. The highest BCUT2D eigenvalue weighted by Gasteiger charge is 2.13. The summed E-state index contributed by atoms with van der Waals surface area (Å²) in [5.41, 5.74) is 9.75. The molecular weight excluding hydrogens is 250 g/mol. The van der Waals surface area contributed by atoms with E-state index in [0.29, 0.717) is 5.56 Å². The van der Waals surface area contributed by atoms with Crippen LogP contribution in [0.5, 0.6) is 0 Å². The van der Waals surface area contributed by atoms with E-state index in [1.165, 1.54) is 11.1 Å². The molecule has 0 spiro atoms. The zero-order valence-corrected chi connectivity index (χ0v) is 10.9. The fraction of sp³-hybridized carbons (Fsp3) is 0.118. The molecule has 2 aliphatic rings. The number of terminal acetylenes is 1. The second-order valence-electron chi connectivity index (χ2n) is 4.53. The first-order chi connectivity index (χ1) is 9.61. The van der Waals surface area contributed by atoms with Crippen LogP contribution in [0.4, 0.5) is 0 Å². The van der Waals surface area contributed by atoms with Crippen molar-refractivity contribution in [2.24, 2.45) is 5.73 Å². The van der Waals surface area contributed by atoms with Gasteiger partial charge in [0.25, 0.3) is 0 Å². The van der Waals surface area contributed by atoms with Crippen molar-refractivity contribution in [2.75, 3.05) is 0 Å². The predicted octanol–water partition coefficient (Wildman–Crippen LogP) is 2.29. The van der Waals surface area contributed by atoms with Gasteiger partial charge in [-0.3, -0.25) is 4.79 Å². The van der Waals surface area contributed by atoms with E-state index in [1.807, 2.05) is 12.1 Å². The van der Waals surface area contributed by atoms with Crippen LogP contribution in [-0.2, 0) is 11.2 Å². The Bertz CT molecular complexity index is 632. The number of carboxylic acid groups (broad SMARTS) is 1. The Morgan fingerprint density at radius 1 is 1.15 bits per heavy atom. The van der Waals surface area contributed by atoms with Crippen LogP contribution in [-0.4, -0.2) is 17.1 Å². The van der Waals surface area contributed by atoms with E-state index in [2.05, 4.69) is 30.2 Å². The first-order valence-electron chi connectivity index (χ1n) is 6.25. The van der Waals surface area contributed by atoms with Crippen molar-refractivity contribution >= 4 is 5.97 Å². The molecule has 1 unspecified atom stereocenters. The minimum atomic E-state index is -1.02. The maximum absolute atomic E-state index is 10.5. The summed E-state index contributed by atoms with van der Waals surface area (Å²) in [6.45, 7) is 0. The summed E-state index contributed by atoms with van der Waals surface area (Å²) in [5, 5.41) is 8.63. The molecule has 3 rings (SSSR count). The van der Waals surface area contributed by atoms with Gasteiger partial charge in [-0.1, -0.05) is 48.4 Å². The fourth-order valence-corrected chi connectivity index (χ4v) is 1.83. The second kappa shape index (κ2) is 6.05. The van der Waals surface area contributed by atoms with E-state index in [0.717, 1.165) is 5.56 Å². The largest absolute Gasteiger partial charge is 0.480 e. The molecule has 0 aliphatic heterocycles. The van der Waals surface area contributed by atoms with Gasteiger partial charge in [-0.25, -0.2) is 0 Å². The zero-order chi connectivity index (χ0) is 14.5. The molecule has 2 aliphatic carbocycles. The molecule has 1 aromatic carbocycles. The maximum Gasteiger partial charge on any atom is 0.320 e. The Labute approximate surface area is 118 Å². The zero-order valence-electron chi connectivity index (χ0n) is 10.9. The highest BCUT2D eigenvalue weighted by Crippen LogP contribution is 2.29. The Morgan fingerprint density at radius 3 is 2.10 bits per heavy atom. The van der Waals surface area contributed by atoms with Gasteiger partial charge < -0.3 is 10.8 Å². The lowest BCUT2D eigenvalue weighted by Crippen LogP contribution is -2.32. The molecule has 3 heteroatoms. The molecule has 1 aromatic rings. The standard InChI is InChI=1S/C11H11NO2.C6H4/c1-2-8-5-3-4-6-9(8)7-10(12)11(13)14;1-2-6-4-3-5(1)6/h1,3-6,10H,7,12H2,(H,13,14);1-4H. The number of aliphatic carboxylic acids is 1. The molecule has 0 fully saturated rings. The third kappa shape index (κ3) is 3.05. The molecule has 3 nitrogen and oxygen atoms in total. The summed E-state index contributed by atoms with van der Waals surface area (Å²) in [4.78, 5) is 10.5. The molecule has 0 aromatic heterocycles. The van der Waals surface area contributed by atoms with Crippen LogP contribution in [0.25, 0.3) is 11.1 Å². The average Bonchev–Trinajstić information content (AvgIpc) is 2.44. The van der Waals surface area contributed by atoms with Crippen LogP contribution in [0.2, 0.25) is 0 Å². The van der Waals surface area contributed by atoms with Gasteiger partial charge in [0.2, 0.25) is 0 Å². The number of hydrogen-bond donors (Lipinski definition) is 2. The summed E-state index contributed by atoms with van der Waals surface area (Å²) < 4.78 is 0. The number of fused-ring (bicyclic) bond motifs is 1. The third-order valence-electron chi connectivity index (χ3n) is 3.15.